The third-order valence-corrected chi connectivity index (χ3v) is 5.14. The molecular formula is C20H17N3O3S. The first-order valence-corrected chi connectivity index (χ1v) is 9.45. The van der Waals surface area contributed by atoms with Gasteiger partial charge in [0.05, 0.1) is 11.4 Å². The molecule has 0 saturated heterocycles. The van der Waals surface area contributed by atoms with Crippen molar-refractivity contribution in [2.24, 2.45) is 0 Å². The summed E-state index contributed by atoms with van der Waals surface area (Å²) in [4.78, 5) is 28.4. The minimum Gasteiger partial charge on any atom is -0.482 e. The highest BCUT2D eigenvalue weighted by molar-refractivity contribution is 7.99. The van der Waals surface area contributed by atoms with Crippen molar-refractivity contribution in [2.75, 3.05) is 17.7 Å². The lowest BCUT2D eigenvalue weighted by atomic mass is 10.1. The highest BCUT2D eigenvalue weighted by Gasteiger charge is 2.18. The van der Waals surface area contributed by atoms with Crippen molar-refractivity contribution < 1.29 is 14.3 Å². The van der Waals surface area contributed by atoms with E-state index in [1.54, 1.807) is 24.4 Å². The zero-order valence-electron chi connectivity index (χ0n) is 14.4. The van der Waals surface area contributed by atoms with Crippen molar-refractivity contribution in [1.29, 1.82) is 0 Å². The summed E-state index contributed by atoms with van der Waals surface area (Å²) in [7, 11) is 0. The van der Waals surface area contributed by atoms with Gasteiger partial charge in [-0.1, -0.05) is 42.1 Å². The van der Waals surface area contributed by atoms with Crippen LogP contribution in [-0.2, 0) is 11.3 Å². The molecule has 0 radical (unpaired) electrons. The zero-order chi connectivity index (χ0) is 18.6. The number of anilines is 1. The maximum Gasteiger partial charge on any atom is 0.262 e. The molecule has 1 N–H and O–H groups in total. The summed E-state index contributed by atoms with van der Waals surface area (Å²) < 4.78 is 7.34. The molecule has 0 fully saturated rings. The molecule has 4 rings (SSSR count). The molecule has 3 aromatic rings. The van der Waals surface area contributed by atoms with Crippen LogP contribution in [0, 0.1) is 0 Å². The largest absolute Gasteiger partial charge is 0.482 e. The number of benzene rings is 2. The van der Waals surface area contributed by atoms with E-state index in [2.05, 4.69) is 22.4 Å². The Kier molecular flexibility index (Phi) is 4.93. The lowest BCUT2D eigenvalue weighted by molar-refractivity contribution is -0.118. The molecule has 0 atom stereocenters. The van der Waals surface area contributed by atoms with Crippen molar-refractivity contribution in [1.82, 2.24) is 9.55 Å². The Balaban J connectivity index is 1.42. The van der Waals surface area contributed by atoms with Crippen LogP contribution in [0.25, 0.3) is 0 Å². The van der Waals surface area contributed by atoms with E-state index in [0.717, 1.165) is 5.16 Å². The number of carbonyl (C=O) groups excluding carboxylic acids is 2. The van der Waals surface area contributed by atoms with E-state index in [0.29, 0.717) is 23.5 Å². The second-order valence-corrected chi connectivity index (χ2v) is 7.03. The van der Waals surface area contributed by atoms with Crippen LogP contribution in [0.3, 0.4) is 0 Å². The number of imidazole rings is 1. The molecule has 2 aromatic carbocycles. The summed E-state index contributed by atoms with van der Waals surface area (Å²) in [6, 6.07) is 15.2. The predicted octanol–water partition coefficient (Wildman–Crippen LogP) is 3.24. The lowest BCUT2D eigenvalue weighted by Gasteiger charge is -2.18. The molecule has 2 heterocycles. The molecule has 6 nitrogen and oxygen atoms in total. The standard InChI is InChI=1S/C20H17N3O3S/c24-17(15-6-7-18-16(10-15)22-19(25)12-26-18)13-27-20-21-8-9-23(20)11-14-4-2-1-3-5-14/h1-10H,11-13H2,(H,22,25). The Bertz CT molecular complexity index is 985. The Labute approximate surface area is 160 Å². The van der Waals surface area contributed by atoms with E-state index >= 15 is 0 Å². The molecule has 136 valence electrons. The SMILES string of the molecule is O=C1COc2ccc(C(=O)CSc3nccn3Cc3ccccc3)cc2N1. The number of hydrogen-bond acceptors (Lipinski definition) is 5. The zero-order valence-corrected chi connectivity index (χ0v) is 15.2. The van der Waals surface area contributed by atoms with Gasteiger partial charge in [0, 0.05) is 24.5 Å². The van der Waals surface area contributed by atoms with Gasteiger partial charge in [-0.2, -0.15) is 0 Å². The highest BCUT2D eigenvalue weighted by atomic mass is 32.2. The molecule has 1 aliphatic heterocycles. The Morgan fingerprint density at radius 3 is 2.93 bits per heavy atom. The van der Waals surface area contributed by atoms with Crippen LogP contribution in [-0.4, -0.2) is 33.6 Å². The van der Waals surface area contributed by atoms with Crippen LogP contribution < -0.4 is 10.1 Å². The number of ketones is 1. The van der Waals surface area contributed by atoms with E-state index in [1.165, 1.54) is 17.3 Å². The van der Waals surface area contributed by atoms with Gasteiger partial charge in [0.25, 0.3) is 5.91 Å². The number of Topliss-reactive ketones (excluding diaryl/α,β-unsaturated/α-hetero) is 1. The van der Waals surface area contributed by atoms with E-state index in [1.807, 2.05) is 29.0 Å². The number of carbonyl (C=O) groups is 2. The quantitative estimate of drug-likeness (QED) is 0.526. The van der Waals surface area contributed by atoms with E-state index < -0.39 is 0 Å². The number of fused-ring (bicyclic) bond motifs is 1. The fourth-order valence-corrected chi connectivity index (χ4v) is 3.66. The number of rotatable bonds is 6. The molecule has 27 heavy (non-hydrogen) atoms. The van der Waals surface area contributed by atoms with Gasteiger partial charge in [0.2, 0.25) is 0 Å². The number of nitrogens with zero attached hydrogens (tertiary/aromatic N) is 2. The third kappa shape index (κ3) is 4.03. The van der Waals surface area contributed by atoms with Gasteiger partial charge in [-0.15, -0.1) is 0 Å². The number of hydrogen-bond donors (Lipinski definition) is 1. The van der Waals surface area contributed by atoms with Crippen LogP contribution >= 0.6 is 11.8 Å². The van der Waals surface area contributed by atoms with Gasteiger partial charge in [0.1, 0.15) is 5.75 Å². The molecule has 0 unspecified atom stereocenters. The summed E-state index contributed by atoms with van der Waals surface area (Å²) in [5, 5.41) is 3.52. The number of amides is 1. The Morgan fingerprint density at radius 1 is 1.22 bits per heavy atom. The fraction of sp³-hybridized carbons (Fsp3) is 0.150. The minimum absolute atomic E-state index is 0.000216. The fourth-order valence-electron chi connectivity index (χ4n) is 2.81. The van der Waals surface area contributed by atoms with Crippen molar-refractivity contribution in [2.45, 2.75) is 11.7 Å². The number of thioether (sulfide) groups is 1. The molecule has 0 bridgehead atoms. The average Bonchev–Trinajstić information content (AvgIpc) is 3.13. The minimum atomic E-state index is -0.218. The molecule has 0 spiro atoms. The Morgan fingerprint density at radius 2 is 2.07 bits per heavy atom. The third-order valence-electron chi connectivity index (χ3n) is 4.14. The van der Waals surface area contributed by atoms with Gasteiger partial charge >= 0.3 is 0 Å². The predicted molar refractivity (Wildman–Crippen MR) is 103 cm³/mol. The summed E-state index contributed by atoms with van der Waals surface area (Å²) in [5.74, 6) is 0.595. The van der Waals surface area contributed by atoms with Crippen LogP contribution in [0.4, 0.5) is 5.69 Å². The number of nitrogens with one attached hydrogen (secondary N) is 1. The van der Waals surface area contributed by atoms with Crippen LogP contribution in [0.5, 0.6) is 5.75 Å². The van der Waals surface area contributed by atoms with Crippen LogP contribution in [0.1, 0.15) is 15.9 Å². The number of ether oxygens (including phenoxy) is 1. The average molecular weight is 379 g/mol. The summed E-state index contributed by atoms with van der Waals surface area (Å²) in [6.07, 6.45) is 3.65. The van der Waals surface area contributed by atoms with Crippen molar-refractivity contribution in [3.8, 4) is 5.75 Å². The first kappa shape index (κ1) is 17.4. The number of aromatic nitrogens is 2. The maximum absolute atomic E-state index is 12.6. The maximum atomic E-state index is 12.6. The molecular weight excluding hydrogens is 362 g/mol. The van der Waals surface area contributed by atoms with Gasteiger partial charge < -0.3 is 14.6 Å². The van der Waals surface area contributed by atoms with Crippen LogP contribution in [0.15, 0.2) is 66.1 Å². The second-order valence-electron chi connectivity index (χ2n) is 6.08. The topological polar surface area (TPSA) is 73.2 Å². The Hall–Kier alpha value is -3.06. The van der Waals surface area contributed by atoms with Crippen molar-refractivity contribution in [3.05, 3.63) is 72.1 Å². The van der Waals surface area contributed by atoms with E-state index in [9.17, 15) is 9.59 Å². The van der Waals surface area contributed by atoms with E-state index in [-0.39, 0.29) is 24.1 Å². The molecule has 0 saturated carbocycles. The van der Waals surface area contributed by atoms with E-state index in [4.69, 9.17) is 4.74 Å². The van der Waals surface area contributed by atoms with Crippen molar-refractivity contribution in [3.63, 3.8) is 0 Å². The highest BCUT2D eigenvalue weighted by Crippen LogP contribution is 2.29. The summed E-state index contributed by atoms with van der Waals surface area (Å²) in [6.45, 7) is 0.708. The smallest absolute Gasteiger partial charge is 0.262 e. The summed E-state index contributed by atoms with van der Waals surface area (Å²) >= 11 is 1.40. The first-order chi connectivity index (χ1) is 13.2. The molecule has 1 amide bonds. The molecule has 1 aliphatic rings. The van der Waals surface area contributed by atoms with Crippen molar-refractivity contribution >= 4 is 29.1 Å². The van der Waals surface area contributed by atoms with Gasteiger partial charge in [-0.05, 0) is 23.8 Å². The normalized spacial score (nSPS) is 12.8. The monoisotopic (exact) mass is 379 g/mol. The summed E-state index contributed by atoms with van der Waals surface area (Å²) in [5.41, 5.74) is 2.25. The molecule has 1 aromatic heterocycles. The molecule has 0 aliphatic carbocycles. The van der Waals surface area contributed by atoms with Gasteiger partial charge in [-0.25, -0.2) is 4.98 Å². The van der Waals surface area contributed by atoms with Gasteiger partial charge in [0.15, 0.2) is 17.5 Å². The first-order valence-electron chi connectivity index (χ1n) is 8.47. The lowest BCUT2D eigenvalue weighted by Crippen LogP contribution is -2.25. The van der Waals surface area contributed by atoms with Gasteiger partial charge in [-0.3, -0.25) is 9.59 Å². The van der Waals surface area contributed by atoms with Crippen LogP contribution in [0.2, 0.25) is 0 Å². The second kappa shape index (κ2) is 7.67. The molecule has 7 heteroatoms.